The van der Waals surface area contributed by atoms with Gasteiger partial charge in [0, 0.05) is 12.8 Å². The average Bonchev–Trinajstić information content (AvgIpc) is 3.27. The van der Waals surface area contributed by atoms with Crippen LogP contribution in [-0.4, -0.2) is 55.2 Å². The zero-order valence-electron chi connectivity index (χ0n) is 17.3. The Hall–Kier alpha value is -4.14. The Bertz CT molecular complexity index is 1320. The van der Waals surface area contributed by atoms with E-state index in [1.54, 1.807) is 31.2 Å². The van der Waals surface area contributed by atoms with Gasteiger partial charge < -0.3 is 14.8 Å². The Balaban J connectivity index is 1.61. The lowest BCUT2D eigenvalue weighted by Gasteiger charge is -2.17. The highest BCUT2D eigenvalue weighted by Crippen LogP contribution is 2.25. The van der Waals surface area contributed by atoms with E-state index in [0.717, 1.165) is 0 Å². The molecule has 11 nitrogen and oxygen atoms in total. The number of carbonyl (C=O) groups excluding carboxylic acids is 1. The Morgan fingerprint density at radius 2 is 2.09 bits per heavy atom. The number of rotatable bonds is 8. The number of ether oxygens (including phenoxy) is 2. The third-order valence-corrected chi connectivity index (χ3v) is 4.77. The number of hydrogen-bond donors (Lipinski definition) is 1. The van der Waals surface area contributed by atoms with Crippen LogP contribution in [0.15, 0.2) is 48.9 Å². The minimum Gasteiger partial charge on any atom is -0.460 e. The van der Waals surface area contributed by atoms with Crippen LogP contribution in [0.25, 0.3) is 16.9 Å². The smallest absolute Gasteiger partial charge is 0.269 e. The van der Waals surface area contributed by atoms with E-state index in [0.29, 0.717) is 28.5 Å². The van der Waals surface area contributed by atoms with E-state index < -0.39 is 12.0 Å². The zero-order chi connectivity index (χ0) is 23.2. The van der Waals surface area contributed by atoms with E-state index in [1.807, 2.05) is 12.1 Å². The number of nitrogens with one attached hydrogen (secondary N) is 1. The number of aromatic nitrogens is 6. The lowest BCUT2D eigenvalue weighted by molar-refractivity contribution is -0.125. The van der Waals surface area contributed by atoms with Crippen molar-refractivity contribution in [3.05, 3.63) is 59.5 Å². The molecule has 1 N–H and O–H groups in total. The van der Waals surface area contributed by atoms with Gasteiger partial charge in [-0.2, -0.15) is 14.9 Å². The van der Waals surface area contributed by atoms with Crippen molar-refractivity contribution in [2.75, 3.05) is 18.5 Å². The summed E-state index contributed by atoms with van der Waals surface area (Å²) < 4.78 is 12.7. The molecule has 4 rings (SSSR count). The quantitative estimate of drug-likeness (QED) is 0.416. The summed E-state index contributed by atoms with van der Waals surface area (Å²) in [5.41, 5.74) is 1.57. The monoisotopic (exact) mass is 464 g/mol. The largest absolute Gasteiger partial charge is 0.460 e. The van der Waals surface area contributed by atoms with Gasteiger partial charge in [0.1, 0.15) is 18.2 Å². The van der Waals surface area contributed by atoms with Gasteiger partial charge in [0.05, 0.1) is 22.9 Å². The number of nitrogens with zero attached hydrogens (tertiary/aromatic N) is 7. The van der Waals surface area contributed by atoms with Gasteiger partial charge in [0.2, 0.25) is 12.0 Å². The molecule has 166 valence electrons. The summed E-state index contributed by atoms with van der Waals surface area (Å²) >= 11 is 6.28. The molecule has 1 atom stereocenters. The molecule has 0 aliphatic heterocycles. The molecule has 0 saturated carbocycles. The van der Waals surface area contributed by atoms with Crippen molar-refractivity contribution in [3.8, 4) is 17.6 Å². The zero-order valence-corrected chi connectivity index (χ0v) is 18.1. The molecule has 0 spiro atoms. The van der Waals surface area contributed by atoms with Crippen LogP contribution in [0.3, 0.4) is 0 Å². The summed E-state index contributed by atoms with van der Waals surface area (Å²) in [4.78, 5) is 25.3. The second kappa shape index (κ2) is 9.99. The number of nitriles is 1. The summed E-state index contributed by atoms with van der Waals surface area (Å²) in [6.45, 7) is 2.14. The normalized spacial score (nSPS) is 11.7. The van der Waals surface area contributed by atoms with Crippen molar-refractivity contribution in [2.45, 2.75) is 13.0 Å². The number of hydrogen-bond acceptors (Lipinski definition) is 9. The molecular weight excluding hydrogens is 448 g/mol. The molecule has 0 fully saturated rings. The van der Waals surface area contributed by atoms with Gasteiger partial charge in [0.15, 0.2) is 11.2 Å². The maximum atomic E-state index is 12.9. The van der Waals surface area contributed by atoms with Crippen LogP contribution in [0, 0.1) is 11.3 Å². The number of fused-ring (bicyclic) bond motifs is 1. The van der Waals surface area contributed by atoms with Crippen LogP contribution in [0.1, 0.15) is 12.5 Å². The van der Waals surface area contributed by atoms with Gasteiger partial charge in [-0.15, -0.1) is 5.10 Å². The molecule has 0 radical (unpaired) electrons. The maximum Gasteiger partial charge on any atom is 0.269 e. The lowest BCUT2D eigenvalue weighted by Crippen LogP contribution is -2.37. The first-order valence-electron chi connectivity index (χ1n) is 9.83. The van der Waals surface area contributed by atoms with E-state index in [-0.39, 0.29) is 23.8 Å². The fourth-order valence-corrected chi connectivity index (χ4v) is 3.08. The van der Waals surface area contributed by atoms with Crippen LogP contribution in [0.4, 0.5) is 5.82 Å². The van der Waals surface area contributed by atoms with Gasteiger partial charge in [-0.05, 0) is 31.2 Å². The van der Waals surface area contributed by atoms with Crippen molar-refractivity contribution in [1.82, 2.24) is 29.9 Å². The lowest BCUT2D eigenvalue weighted by atomic mass is 10.3. The van der Waals surface area contributed by atoms with Gasteiger partial charge in [-0.25, -0.2) is 9.97 Å². The summed E-state index contributed by atoms with van der Waals surface area (Å²) in [6.07, 6.45) is 1.58. The molecule has 33 heavy (non-hydrogen) atoms. The van der Waals surface area contributed by atoms with Crippen molar-refractivity contribution < 1.29 is 14.3 Å². The Morgan fingerprint density at radius 1 is 1.24 bits per heavy atom. The Kier molecular flexibility index (Phi) is 6.68. The SMILES string of the molecule is CCOCC(Oc1ncnc2c1nnn2-c1ccccc1Cl)C(=O)Nc1ccc(C#N)cn1. The van der Waals surface area contributed by atoms with Crippen LogP contribution in [0.2, 0.25) is 5.02 Å². The van der Waals surface area contributed by atoms with E-state index in [4.69, 9.17) is 26.3 Å². The number of benzene rings is 1. The number of carbonyl (C=O) groups is 1. The average molecular weight is 465 g/mol. The Labute approximate surface area is 193 Å². The van der Waals surface area contributed by atoms with Crippen LogP contribution < -0.4 is 10.1 Å². The first-order chi connectivity index (χ1) is 16.1. The van der Waals surface area contributed by atoms with Crippen LogP contribution in [0.5, 0.6) is 5.88 Å². The maximum absolute atomic E-state index is 12.9. The first kappa shape index (κ1) is 22.1. The Morgan fingerprint density at radius 3 is 2.82 bits per heavy atom. The van der Waals surface area contributed by atoms with Crippen molar-refractivity contribution >= 4 is 34.5 Å². The van der Waals surface area contributed by atoms with E-state index in [2.05, 4.69) is 30.6 Å². The van der Waals surface area contributed by atoms with Gasteiger partial charge >= 0.3 is 0 Å². The predicted molar refractivity (Wildman–Crippen MR) is 118 cm³/mol. The standard InChI is InChI=1S/C21H17ClN8O3/c1-2-32-11-16(20(31)27-17-8-7-13(9-23)10-24-17)33-21-18-19(25-12-26-21)30(29-28-18)15-6-4-3-5-14(15)22/h3-8,10,12,16H,2,11H2,1H3,(H,24,27,31). The third kappa shape index (κ3) is 4.87. The molecular formula is C21H17ClN8O3. The molecule has 1 amide bonds. The van der Waals surface area contributed by atoms with Gasteiger partial charge in [0.25, 0.3) is 5.91 Å². The summed E-state index contributed by atoms with van der Waals surface area (Å²) in [5.74, 6) is -0.182. The van der Waals surface area contributed by atoms with Gasteiger partial charge in [-0.1, -0.05) is 28.9 Å². The van der Waals surface area contributed by atoms with Crippen molar-refractivity contribution in [3.63, 3.8) is 0 Å². The highest BCUT2D eigenvalue weighted by Gasteiger charge is 2.25. The molecule has 1 aromatic carbocycles. The molecule has 3 heterocycles. The molecule has 0 saturated heterocycles. The number of para-hydroxylation sites is 1. The number of halogens is 1. The molecule has 12 heteroatoms. The van der Waals surface area contributed by atoms with Gasteiger partial charge in [-0.3, -0.25) is 4.79 Å². The van der Waals surface area contributed by atoms with E-state index in [1.165, 1.54) is 23.3 Å². The number of pyridine rings is 1. The van der Waals surface area contributed by atoms with Crippen LogP contribution in [-0.2, 0) is 9.53 Å². The van der Waals surface area contributed by atoms with Crippen molar-refractivity contribution in [1.29, 1.82) is 5.26 Å². The second-order valence-corrected chi connectivity index (χ2v) is 7.01. The second-order valence-electron chi connectivity index (χ2n) is 6.60. The number of anilines is 1. The highest BCUT2D eigenvalue weighted by atomic mass is 35.5. The third-order valence-electron chi connectivity index (χ3n) is 4.45. The molecule has 0 aliphatic rings. The summed E-state index contributed by atoms with van der Waals surface area (Å²) in [7, 11) is 0. The molecule has 1 unspecified atom stereocenters. The summed E-state index contributed by atoms with van der Waals surface area (Å²) in [6, 6.07) is 12.1. The highest BCUT2D eigenvalue weighted by molar-refractivity contribution is 6.32. The summed E-state index contributed by atoms with van der Waals surface area (Å²) in [5, 5.41) is 20.2. The topological polar surface area (TPSA) is 141 Å². The molecule has 3 aromatic heterocycles. The molecule has 0 bridgehead atoms. The minimum atomic E-state index is -1.06. The predicted octanol–water partition coefficient (Wildman–Crippen LogP) is 2.55. The molecule has 4 aromatic rings. The first-order valence-corrected chi connectivity index (χ1v) is 10.2. The van der Waals surface area contributed by atoms with E-state index >= 15 is 0 Å². The van der Waals surface area contributed by atoms with Crippen LogP contribution >= 0.6 is 11.6 Å². The minimum absolute atomic E-state index is 0.0389. The fraction of sp³-hybridized carbons (Fsp3) is 0.190. The van der Waals surface area contributed by atoms with E-state index in [9.17, 15) is 4.79 Å². The number of amides is 1. The molecule has 0 aliphatic carbocycles. The fourth-order valence-electron chi connectivity index (χ4n) is 2.86. The van der Waals surface area contributed by atoms with Crippen molar-refractivity contribution in [2.24, 2.45) is 0 Å².